The van der Waals surface area contributed by atoms with Gasteiger partial charge < -0.3 is 11.1 Å². The van der Waals surface area contributed by atoms with Crippen molar-refractivity contribution in [2.45, 2.75) is 39.0 Å². The molecule has 0 fully saturated rings. The van der Waals surface area contributed by atoms with Gasteiger partial charge in [-0.2, -0.15) is 11.8 Å². The average molecular weight is 246 g/mol. The fraction of sp³-hybridized carbons (Fsp3) is 0.917. The lowest BCUT2D eigenvalue weighted by molar-refractivity contribution is -0.124. The quantitative estimate of drug-likeness (QED) is 0.580. The standard InChI is InChI=1S/C12H26N2OS/c1-3-7-11(10-13)12(15)14-8-5-4-6-9-16-2/h11H,3-10,13H2,1-2H3,(H,14,15). The molecule has 0 aromatic carbocycles. The van der Waals surface area contributed by atoms with Crippen LogP contribution < -0.4 is 11.1 Å². The first-order valence-corrected chi connectivity index (χ1v) is 7.62. The zero-order valence-electron chi connectivity index (χ0n) is 10.6. The number of hydrogen-bond donors (Lipinski definition) is 2. The third-order valence-electron chi connectivity index (χ3n) is 2.62. The van der Waals surface area contributed by atoms with Crippen LogP contribution in [0.5, 0.6) is 0 Å². The van der Waals surface area contributed by atoms with Gasteiger partial charge in [-0.3, -0.25) is 4.79 Å². The number of carbonyl (C=O) groups is 1. The number of hydrogen-bond acceptors (Lipinski definition) is 3. The van der Waals surface area contributed by atoms with E-state index in [1.165, 1.54) is 18.6 Å². The molecule has 0 aliphatic heterocycles. The van der Waals surface area contributed by atoms with Crippen molar-refractivity contribution in [3.05, 3.63) is 0 Å². The van der Waals surface area contributed by atoms with Crippen molar-refractivity contribution in [3.8, 4) is 0 Å². The second-order valence-corrected chi connectivity index (χ2v) is 5.05. The Morgan fingerprint density at radius 3 is 2.69 bits per heavy atom. The molecule has 0 spiro atoms. The topological polar surface area (TPSA) is 55.1 Å². The van der Waals surface area contributed by atoms with Crippen LogP contribution in [0.1, 0.15) is 39.0 Å². The minimum absolute atomic E-state index is 0.0104. The van der Waals surface area contributed by atoms with E-state index >= 15 is 0 Å². The number of thioether (sulfide) groups is 1. The highest BCUT2D eigenvalue weighted by molar-refractivity contribution is 7.98. The summed E-state index contributed by atoms with van der Waals surface area (Å²) in [6.45, 7) is 3.35. The van der Waals surface area contributed by atoms with Gasteiger partial charge in [0.05, 0.1) is 5.92 Å². The highest BCUT2D eigenvalue weighted by Gasteiger charge is 2.14. The van der Waals surface area contributed by atoms with Gasteiger partial charge in [-0.05, 0) is 31.3 Å². The van der Waals surface area contributed by atoms with Gasteiger partial charge in [0.2, 0.25) is 5.91 Å². The van der Waals surface area contributed by atoms with E-state index in [0.29, 0.717) is 6.54 Å². The molecule has 0 aliphatic carbocycles. The van der Waals surface area contributed by atoms with Crippen molar-refractivity contribution in [1.29, 1.82) is 0 Å². The number of rotatable bonds is 10. The summed E-state index contributed by atoms with van der Waals surface area (Å²) in [5, 5.41) is 2.97. The fourth-order valence-electron chi connectivity index (χ4n) is 1.61. The summed E-state index contributed by atoms with van der Waals surface area (Å²) in [7, 11) is 0. The number of nitrogens with two attached hydrogens (primary N) is 1. The third-order valence-corrected chi connectivity index (χ3v) is 3.31. The molecule has 0 rings (SSSR count). The molecule has 4 heteroatoms. The summed E-state index contributed by atoms with van der Waals surface area (Å²) in [5.41, 5.74) is 5.57. The van der Waals surface area contributed by atoms with Crippen molar-refractivity contribution in [3.63, 3.8) is 0 Å². The van der Waals surface area contributed by atoms with Gasteiger partial charge in [-0.1, -0.05) is 19.8 Å². The van der Waals surface area contributed by atoms with Crippen LogP contribution in [0.3, 0.4) is 0 Å². The van der Waals surface area contributed by atoms with E-state index in [0.717, 1.165) is 25.8 Å². The van der Waals surface area contributed by atoms with Gasteiger partial charge in [0.1, 0.15) is 0 Å². The molecule has 3 nitrogen and oxygen atoms in total. The normalized spacial score (nSPS) is 12.4. The molecule has 3 N–H and O–H groups in total. The molecular formula is C12H26N2OS. The Bertz CT molecular complexity index is 176. The highest BCUT2D eigenvalue weighted by atomic mass is 32.2. The number of nitrogens with one attached hydrogen (secondary N) is 1. The van der Waals surface area contributed by atoms with E-state index in [2.05, 4.69) is 18.5 Å². The molecule has 96 valence electrons. The van der Waals surface area contributed by atoms with Gasteiger partial charge in [-0.15, -0.1) is 0 Å². The highest BCUT2D eigenvalue weighted by Crippen LogP contribution is 2.05. The van der Waals surface area contributed by atoms with Crippen LogP contribution in [-0.2, 0) is 4.79 Å². The molecule has 0 aliphatic rings. The van der Waals surface area contributed by atoms with Gasteiger partial charge in [0.15, 0.2) is 0 Å². The first-order valence-electron chi connectivity index (χ1n) is 6.23. The minimum Gasteiger partial charge on any atom is -0.356 e. The zero-order valence-corrected chi connectivity index (χ0v) is 11.4. The predicted octanol–water partition coefficient (Wildman–Crippen LogP) is 2.01. The first kappa shape index (κ1) is 15.8. The van der Waals surface area contributed by atoms with Crippen molar-refractivity contribution >= 4 is 17.7 Å². The number of amides is 1. The molecule has 0 heterocycles. The molecule has 16 heavy (non-hydrogen) atoms. The van der Waals surface area contributed by atoms with Crippen LogP contribution in [0, 0.1) is 5.92 Å². The van der Waals surface area contributed by atoms with Crippen molar-refractivity contribution in [1.82, 2.24) is 5.32 Å². The van der Waals surface area contributed by atoms with Gasteiger partial charge in [0, 0.05) is 13.1 Å². The Hall–Kier alpha value is -0.220. The molecule has 1 amide bonds. The van der Waals surface area contributed by atoms with E-state index in [9.17, 15) is 4.79 Å². The Morgan fingerprint density at radius 1 is 1.38 bits per heavy atom. The molecule has 1 unspecified atom stereocenters. The number of unbranched alkanes of at least 4 members (excludes halogenated alkanes) is 2. The van der Waals surface area contributed by atoms with Crippen molar-refractivity contribution in [2.75, 3.05) is 25.1 Å². The van der Waals surface area contributed by atoms with Crippen LogP contribution in [0.2, 0.25) is 0 Å². The van der Waals surface area contributed by atoms with Gasteiger partial charge >= 0.3 is 0 Å². The predicted molar refractivity (Wildman–Crippen MR) is 72.7 cm³/mol. The summed E-state index contributed by atoms with van der Waals surface area (Å²) in [5.74, 6) is 1.36. The van der Waals surface area contributed by atoms with Crippen LogP contribution in [0.15, 0.2) is 0 Å². The maximum Gasteiger partial charge on any atom is 0.224 e. The lowest BCUT2D eigenvalue weighted by Crippen LogP contribution is -2.35. The second-order valence-electron chi connectivity index (χ2n) is 4.07. The Balaban J connectivity index is 3.47. The third kappa shape index (κ3) is 7.99. The maximum atomic E-state index is 11.7. The average Bonchev–Trinajstić information content (AvgIpc) is 2.30. The summed E-state index contributed by atoms with van der Waals surface area (Å²) in [6.07, 6.45) is 7.56. The smallest absolute Gasteiger partial charge is 0.224 e. The summed E-state index contributed by atoms with van der Waals surface area (Å²) < 4.78 is 0. The molecule has 1 atom stereocenters. The van der Waals surface area contributed by atoms with Crippen LogP contribution >= 0.6 is 11.8 Å². The molecular weight excluding hydrogens is 220 g/mol. The number of carbonyl (C=O) groups excluding carboxylic acids is 1. The van der Waals surface area contributed by atoms with Crippen LogP contribution in [0.4, 0.5) is 0 Å². The van der Waals surface area contributed by atoms with E-state index in [1.807, 2.05) is 11.8 Å². The molecule has 0 saturated heterocycles. The van der Waals surface area contributed by atoms with Crippen LogP contribution in [-0.4, -0.2) is 31.0 Å². The molecule has 0 radical (unpaired) electrons. The summed E-state index contributed by atoms with van der Waals surface area (Å²) in [6, 6.07) is 0. The largest absolute Gasteiger partial charge is 0.356 e. The monoisotopic (exact) mass is 246 g/mol. The lowest BCUT2D eigenvalue weighted by Gasteiger charge is -2.13. The molecule has 0 bridgehead atoms. The van der Waals surface area contributed by atoms with E-state index < -0.39 is 0 Å². The maximum absolute atomic E-state index is 11.7. The molecule has 0 aromatic heterocycles. The van der Waals surface area contributed by atoms with E-state index in [1.54, 1.807) is 0 Å². The summed E-state index contributed by atoms with van der Waals surface area (Å²) in [4.78, 5) is 11.7. The zero-order chi connectivity index (χ0) is 12.2. The van der Waals surface area contributed by atoms with Crippen molar-refractivity contribution in [2.24, 2.45) is 11.7 Å². The van der Waals surface area contributed by atoms with Gasteiger partial charge in [-0.25, -0.2) is 0 Å². The molecule has 0 aromatic rings. The fourth-order valence-corrected chi connectivity index (χ4v) is 2.10. The second kappa shape index (κ2) is 11.3. The van der Waals surface area contributed by atoms with Crippen LogP contribution in [0.25, 0.3) is 0 Å². The SMILES string of the molecule is CCCC(CN)C(=O)NCCCCCSC. The Morgan fingerprint density at radius 2 is 2.12 bits per heavy atom. The van der Waals surface area contributed by atoms with E-state index in [-0.39, 0.29) is 11.8 Å². The first-order chi connectivity index (χ1) is 7.76. The van der Waals surface area contributed by atoms with E-state index in [4.69, 9.17) is 5.73 Å². The summed E-state index contributed by atoms with van der Waals surface area (Å²) >= 11 is 1.88. The molecule has 0 saturated carbocycles. The lowest BCUT2D eigenvalue weighted by atomic mass is 10.0. The Labute approximate surface area is 104 Å². The minimum atomic E-state index is 0.0104. The van der Waals surface area contributed by atoms with Gasteiger partial charge in [0.25, 0.3) is 0 Å². The Kier molecular flexibility index (Phi) is 11.1. The van der Waals surface area contributed by atoms with Crippen molar-refractivity contribution < 1.29 is 4.79 Å².